The molecule has 1 N–H and O–H groups in total. The van der Waals surface area contributed by atoms with Crippen molar-refractivity contribution >= 4 is 0 Å². The van der Waals surface area contributed by atoms with Gasteiger partial charge in [-0.15, -0.1) is 0 Å². The van der Waals surface area contributed by atoms with E-state index in [9.17, 15) is 5.26 Å². The van der Waals surface area contributed by atoms with Crippen molar-refractivity contribution in [1.29, 1.82) is 5.26 Å². The predicted octanol–water partition coefficient (Wildman–Crippen LogP) is 2.92. The zero-order chi connectivity index (χ0) is 14.0. The van der Waals surface area contributed by atoms with Gasteiger partial charge in [-0.2, -0.15) is 5.26 Å². The molecule has 2 saturated carbocycles. The van der Waals surface area contributed by atoms with Gasteiger partial charge in [-0.3, -0.25) is 5.32 Å². The third-order valence-electron chi connectivity index (χ3n) is 5.65. The third kappa shape index (κ3) is 3.54. The summed E-state index contributed by atoms with van der Waals surface area (Å²) in [7, 11) is 0. The SMILES string of the molecule is CC(C#N)(CCN1CCC2CCCCC2C1)NC1CC1. The monoisotopic (exact) mass is 275 g/mol. The van der Waals surface area contributed by atoms with Crippen molar-refractivity contribution in [1.82, 2.24) is 10.2 Å². The highest BCUT2D eigenvalue weighted by atomic mass is 15.1. The number of hydrogen-bond acceptors (Lipinski definition) is 3. The molecule has 0 aromatic heterocycles. The number of rotatable bonds is 5. The Kier molecular flexibility index (Phi) is 4.33. The first-order chi connectivity index (χ1) is 9.68. The smallest absolute Gasteiger partial charge is 0.105 e. The molecular weight excluding hydrogens is 246 g/mol. The highest BCUT2D eigenvalue weighted by molar-refractivity contribution is 5.07. The molecule has 3 aliphatic rings. The van der Waals surface area contributed by atoms with Crippen molar-refractivity contribution in [3.8, 4) is 6.07 Å². The van der Waals surface area contributed by atoms with Crippen LogP contribution in [-0.4, -0.2) is 36.1 Å². The van der Waals surface area contributed by atoms with Crippen molar-refractivity contribution in [3.63, 3.8) is 0 Å². The van der Waals surface area contributed by atoms with Gasteiger partial charge in [0.1, 0.15) is 5.54 Å². The van der Waals surface area contributed by atoms with E-state index < -0.39 is 0 Å². The van der Waals surface area contributed by atoms with Crippen molar-refractivity contribution in [2.75, 3.05) is 19.6 Å². The van der Waals surface area contributed by atoms with E-state index in [1.807, 2.05) is 0 Å². The first-order valence-corrected chi connectivity index (χ1v) is 8.60. The van der Waals surface area contributed by atoms with Gasteiger partial charge >= 0.3 is 0 Å². The standard InChI is InChI=1S/C17H29N3/c1-17(13-18,19-16-6-7-16)9-11-20-10-8-14-4-2-3-5-15(14)12-20/h14-16,19H,2-12H2,1H3. The van der Waals surface area contributed by atoms with Gasteiger partial charge < -0.3 is 4.90 Å². The van der Waals surface area contributed by atoms with Gasteiger partial charge in [-0.05, 0) is 57.4 Å². The second-order valence-electron chi connectivity index (χ2n) is 7.51. The number of nitrogens with zero attached hydrogens (tertiary/aromatic N) is 2. The molecule has 0 spiro atoms. The van der Waals surface area contributed by atoms with Gasteiger partial charge in [-0.1, -0.05) is 19.3 Å². The Morgan fingerprint density at radius 3 is 2.60 bits per heavy atom. The van der Waals surface area contributed by atoms with E-state index in [2.05, 4.69) is 23.2 Å². The van der Waals surface area contributed by atoms with Gasteiger partial charge in [0.25, 0.3) is 0 Å². The maximum absolute atomic E-state index is 9.45. The average molecular weight is 275 g/mol. The fraction of sp³-hybridized carbons (Fsp3) is 0.941. The number of piperidine rings is 1. The summed E-state index contributed by atoms with van der Waals surface area (Å²) in [6, 6.07) is 3.12. The topological polar surface area (TPSA) is 39.1 Å². The minimum atomic E-state index is -0.315. The lowest BCUT2D eigenvalue weighted by molar-refractivity contribution is 0.0822. The number of fused-ring (bicyclic) bond motifs is 1. The fourth-order valence-corrected chi connectivity index (χ4v) is 4.10. The van der Waals surface area contributed by atoms with Crippen LogP contribution in [0.5, 0.6) is 0 Å². The van der Waals surface area contributed by atoms with E-state index in [0.717, 1.165) is 24.8 Å². The normalized spacial score (nSPS) is 34.0. The second-order valence-corrected chi connectivity index (χ2v) is 7.51. The molecule has 3 rings (SSSR count). The summed E-state index contributed by atoms with van der Waals surface area (Å²) in [5.41, 5.74) is -0.315. The Hall–Kier alpha value is -0.590. The van der Waals surface area contributed by atoms with Crippen LogP contribution in [0.1, 0.15) is 58.3 Å². The molecule has 2 aliphatic carbocycles. The van der Waals surface area contributed by atoms with Gasteiger partial charge in [0.05, 0.1) is 6.07 Å². The molecule has 3 heteroatoms. The van der Waals surface area contributed by atoms with Crippen LogP contribution in [0.15, 0.2) is 0 Å². The molecule has 0 aromatic carbocycles. The van der Waals surface area contributed by atoms with Crippen LogP contribution in [0.2, 0.25) is 0 Å². The molecule has 0 radical (unpaired) electrons. The second kappa shape index (κ2) is 6.03. The molecule has 112 valence electrons. The van der Waals surface area contributed by atoms with Gasteiger partial charge in [0.2, 0.25) is 0 Å². The molecule has 0 amide bonds. The Bertz CT molecular complexity index is 371. The van der Waals surface area contributed by atoms with Crippen LogP contribution in [0.3, 0.4) is 0 Å². The van der Waals surface area contributed by atoms with Crippen molar-refractivity contribution in [3.05, 3.63) is 0 Å². The molecule has 1 heterocycles. The molecule has 3 fully saturated rings. The first kappa shape index (κ1) is 14.4. The number of hydrogen-bond donors (Lipinski definition) is 1. The molecular formula is C17H29N3. The fourth-order valence-electron chi connectivity index (χ4n) is 4.10. The van der Waals surface area contributed by atoms with Crippen LogP contribution >= 0.6 is 0 Å². The van der Waals surface area contributed by atoms with Crippen LogP contribution in [-0.2, 0) is 0 Å². The molecule has 0 aromatic rings. The average Bonchev–Trinajstić information content (AvgIpc) is 3.29. The Morgan fingerprint density at radius 1 is 1.15 bits per heavy atom. The van der Waals surface area contributed by atoms with Crippen LogP contribution in [0.4, 0.5) is 0 Å². The summed E-state index contributed by atoms with van der Waals surface area (Å²) in [5, 5.41) is 13.0. The van der Waals surface area contributed by atoms with Crippen LogP contribution in [0, 0.1) is 23.2 Å². The summed E-state index contributed by atoms with van der Waals surface area (Å²) in [6.07, 6.45) is 10.7. The maximum atomic E-state index is 9.45. The Labute approximate surface area is 123 Å². The number of likely N-dealkylation sites (tertiary alicyclic amines) is 1. The summed E-state index contributed by atoms with van der Waals surface area (Å²) < 4.78 is 0. The lowest BCUT2D eigenvalue weighted by Crippen LogP contribution is -2.47. The van der Waals surface area contributed by atoms with Crippen molar-refractivity contribution < 1.29 is 0 Å². The minimum absolute atomic E-state index is 0.315. The summed E-state index contributed by atoms with van der Waals surface area (Å²) in [6.45, 7) is 5.72. The summed E-state index contributed by atoms with van der Waals surface area (Å²) in [4.78, 5) is 2.62. The van der Waals surface area contributed by atoms with Crippen molar-refractivity contribution in [2.24, 2.45) is 11.8 Å². The quantitative estimate of drug-likeness (QED) is 0.838. The van der Waals surface area contributed by atoms with E-state index >= 15 is 0 Å². The highest BCUT2D eigenvalue weighted by Gasteiger charge is 2.34. The lowest BCUT2D eigenvalue weighted by atomic mass is 9.75. The number of nitriles is 1. The maximum Gasteiger partial charge on any atom is 0.105 e. The lowest BCUT2D eigenvalue weighted by Gasteiger charge is -2.42. The number of nitrogens with one attached hydrogen (secondary N) is 1. The van der Waals surface area contributed by atoms with Gasteiger partial charge in [0, 0.05) is 19.1 Å². The van der Waals surface area contributed by atoms with E-state index in [4.69, 9.17) is 0 Å². The highest BCUT2D eigenvalue weighted by Crippen LogP contribution is 2.36. The molecule has 1 saturated heterocycles. The van der Waals surface area contributed by atoms with E-state index in [-0.39, 0.29) is 5.54 Å². The third-order valence-corrected chi connectivity index (χ3v) is 5.65. The van der Waals surface area contributed by atoms with E-state index in [0.29, 0.717) is 6.04 Å². The molecule has 3 unspecified atom stereocenters. The first-order valence-electron chi connectivity index (χ1n) is 8.60. The molecule has 1 aliphatic heterocycles. The van der Waals surface area contributed by atoms with Gasteiger partial charge in [0.15, 0.2) is 0 Å². The van der Waals surface area contributed by atoms with Crippen molar-refractivity contribution in [2.45, 2.75) is 69.9 Å². The Morgan fingerprint density at radius 2 is 1.90 bits per heavy atom. The molecule has 3 atom stereocenters. The van der Waals surface area contributed by atoms with Crippen LogP contribution < -0.4 is 5.32 Å². The largest absolute Gasteiger partial charge is 0.303 e. The molecule has 0 bridgehead atoms. The minimum Gasteiger partial charge on any atom is -0.303 e. The summed E-state index contributed by atoms with van der Waals surface area (Å²) in [5.74, 6) is 1.95. The van der Waals surface area contributed by atoms with Crippen LogP contribution in [0.25, 0.3) is 0 Å². The van der Waals surface area contributed by atoms with Gasteiger partial charge in [-0.25, -0.2) is 0 Å². The Balaban J connectivity index is 1.47. The zero-order valence-corrected chi connectivity index (χ0v) is 12.9. The van der Waals surface area contributed by atoms with E-state index in [1.54, 1.807) is 0 Å². The molecule has 20 heavy (non-hydrogen) atoms. The summed E-state index contributed by atoms with van der Waals surface area (Å²) >= 11 is 0. The molecule has 3 nitrogen and oxygen atoms in total. The van der Waals surface area contributed by atoms with E-state index in [1.165, 1.54) is 58.0 Å². The zero-order valence-electron chi connectivity index (χ0n) is 12.9. The predicted molar refractivity (Wildman–Crippen MR) is 81.3 cm³/mol.